The third-order valence-electron chi connectivity index (χ3n) is 1.74. The number of aromatic nitrogens is 4. The van der Waals surface area contributed by atoms with Crippen molar-refractivity contribution < 1.29 is 4.39 Å². The molecule has 0 spiro atoms. The molecule has 2 rings (SSSR count). The zero-order chi connectivity index (χ0) is 9.80. The highest BCUT2D eigenvalue weighted by atomic mass is 19.1. The van der Waals surface area contributed by atoms with Gasteiger partial charge in [0.15, 0.2) is 12.5 Å². The predicted molar refractivity (Wildman–Crippen MR) is 47.0 cm³/mol. The monoisotopic (exact) mass is 190 g/mol. The minimum atomic E-state index is -1.36. The first kappa shape index (κ1) is 8.68. The first-order valence-corrected chi connectivity index (χ1v) is 4.07. The molecule has 14 heavy (non-hydrogen) atoms. The Morgan fingerprint density at radius 2 is 1.64 bits per heavy atom. The van der Waals surface area contributed by atoms with Gasteiger partial charge in [-0.3, -0.25) is 0 Å². The molecule has 0 aliphatic rings. The molecule has 5 heteroatoms. The van der Waals surface area contributed by atoms with Crippen LogP contribution in [0, 0.1) is 0 Å². The highest BCUT2D eigenvalue weighted by Gasteiger charge is 2.15. The summed E-state index contributed by atoms with van der Waals surface area (Å²) in [7, 11) is 0. The molecule has 1 aromatic heterocycles. The van der Waals surface area contributed by atoms with Crippen LogP contribution in [0.3, 0.4) is 0 Å². The van der Waals surface area contributed by atoms with Gasteiger partial charge in [-0.1, -0.05) is 30.3 Å². The highest BCUT2D eigenvalue weighted by molar-refractivity contribution is 5.21. The van der Waals surface area contributed by atoms with E-state index in [9.17, 15) is 4.39 Å². The van der Waals surface area contributed by atoms with Crippen molar-refractivity contribution >= 4 is 0 Å². The fraction of sp³-hybridized carbons (Fsp3) is 0.111. The summed E-state index contributed by atoms with van der Waals surface area (Å²) >= 11 is 0. The summed E-state index contributed by atoms with van der Waals surface area (Å²) in [5.74, 6) is -0.0151. The fourth-order valence-electron chi connectivity index (χ4n) is 1.09. The van der Waals surface area contributed by atoms with Crippen molar-refractivity contribution in [3.63, 3.8) is 0 Å². The molecule has 0 saturated heterocycles. The minimum absolute atomic E-state index is 0.0151. The molecule has 0 amide bonds. The molecule has 70 valence electrons. The first-order chi connectivity index (χ1) is 6.88. The van der Waals surface area contributed by atoms with Crippen LogP contribution in [0.5, 0.6) is 0 Å². The van der Waals surface area contributed by atoms with Crippen LogP contribution in [-0.2, 0) is 0 Å². The molecule has 0 aliphatic carbocycles. The molecule has 1 aromatic carbocycles. The lowest BCUT2D eigenvalue weighted by molar-refractivity contribution is 0.375. The van der Waals surface area contributed by atoms with Gasteiger partial charge in [0.1, 0.15) is 0 Å². The van der Waals surface area contributed by atoms with Gasteiger partial charge in [-0.2, -0.15) is 0 Å². The molecule has 0 saturated carbocycles. The molecule has 2 aromatic rings. The van der Waals surface area contributed by atoms with Crippen molar-refractivity contribution in [2.24, 2.45) is 0 Å². The van der Waals surface area contributed by atoms with E-state index in [1.165, 1.54) is 6.33 Å². The molecule has 1 atom stereocenters. The Morgan fingerprint density at radius 1 is 1.00 bits per heavy atom. The SMILES string of the molecule is FC(c1ccccc1)c1nncnn1. The van der Waals surface area contributed by atoms with E-state index < -0.39 is 6.17 Å². The fourth-order valence-corrected chi connectivity index (χ4v) is 1.09. The third kappa shape index (κ3) is 1.71. The van der Waals surface area contributed by atoms with E-state index in [0.717, 1.165) is 0 Å². The van der Waals surface area contributed by atoms with Crippen LogP contribution in [0.25, 0.3) is 0 Å². The van der Waals surface area contributed by atoms with Crippen molar-refractivity contribution in [1.29, 1.82) is 0 Å². The lowest BCUT2D eigenvalue weighted by Crippen LogP contribution is -2.03. The maximum absolute atomic E-state index is 13.7. The van der Waals surface area contributed by atoms with Crippen LogP contribution in [0.4, 0.5) is 4.39 Å². The summed E-state index contributed by atoms with van der Waals surface area (Å²) in [6.45, 7) is 0. The second-order valence-corrected chi connectivity index (χ2v) is 2.68. The number of hydrogen-bond acceptors (Lipinski definition) is 4. The molecule has 0 aliphatic heterocycles. The number of halogens is 1. The Labute approximate surface area is 79.8 Å². The zero-order valence-corrected chi connectivity index (χ0v) is 7.21. The molecule has 0 fully saturated rings. The van der Waals surface area contributed by atoms with E-state index in [-0.39, 0.29) is 5.82 Å². The maximum atomic E-state index is 13.7. The van der Waals surface area contributed by atoms with Crippen molar-refractivity contribution in [3.05, 3.63) is 48.0 Å². The standard InChI is InChI=1S/C9H7FN4/c10-8(7-4-2-1-3-5-7)9-13-11-6-12-14-9/h1-6,8H. The van der Waals surface area contributed by atoms with Gasteiger partial charge >= 0.3 is 0 Å². The Morgan fingerprint density at radius 3 is 2.29 bits per heavy atom. The molecular formula is C9H7FN4. The summed E-state index contributed by atoms with van der Waals surface area (Å²) in [6.07, 6.45) is -0.196. The number of hydrogen-bond donors (Lipinski definition) is 0. The van der Waals surface area contributed by atoms with Gasteiger partial charge in [0.2, 0.25) is 5.82 Å². The Balaban J connectivity index is 2.30. The van der Waals surface area contributed by atoms with Crippen LogP contribution in [0.2, 0.25) is 0 Å². The van der Waals surface area contributed by atoms with Crippen LogP contribution in [-0.4, -0.2) is 20.4 Å². The van der Waals surface area contributed by atoms with E-state index >= 15 is 0 Å². The van der Waals surface area contributed by atoms with Crippen molar-refractivity contribution in [1.82, 2.24) is 20.4 Å². The van der Waals surface area contributed by atoms with Gasteiger partial charge in [-0.25, -0.2) is 4.39 Å². The molecule has 1 unspecified atom stereocenters. The Bertz CT molecular complexity index is 353. The van der Waals surface area contributed by atoms with E-state index in [1.807, 2.05) is 6.07 Å². The van der Waals surface area contributed by atoms with Crippen LogP contribution in [0.1, 0.15) is 17.6 Å². The summed E-state index contributed by atoms with van der Waals surface area (Å²) < 4.78 is 13.7. The van der Waals surface area contributed by atoms with Crippen molar-refractivity contribution in [2.45, 2.75) is 6.17 Å². The second-order valence-electron chi connectivity index (χ2n) is 2.68. The molecule has 0 radical (unpaired) electrons. The maximum Gasteiger partial charge on any atom is 0.212 e. The summed E-state index contributed by atoms with van der Waals surface area (Å²) in [4.78, 5) is 0. The average Bonchev–Trinajstić information content (AvgIpc) is 2.30. The lowest BCUT2D eigenvalue weighted by Gasteiger charge is -2.03. The summed E-state index contributed by atoms with van der Waals surface area (Å²) in [5, 5.41) is 14.0. The Kier molecular flexibility index (Phi) is 2.40. The second kappa shape index (κ2) is 3.87. The largest absolute Gasteiger partial charge is 0.233 e. The Hall–Kier alpha value is -1.91. The predicted octanol–water partition coefficient (Wildman–Crippen LogP) is 1.33. The van der Waals surface area contributed by atoms with E-state index in [0.29, 0.717) is 5.56 Å². The highest BCUT2D eigenvalue weighted by Crippen LogP contribution is 2.21. The van der Waals surface area contributed by atoms with Crippen molar-refractivity contribution in [2.75, 3.05) is 0 Å². The first-order valence-electron chi connectivity index (χ1n) is 4.07. The third-order valence-corrected chi connectivity index (χ3v) is 1.74. The van der Waals surface area contributed by atoms with Gasteiger partial charge in [-0.15, -0.1) is 20.4 Å². The topological polar surface area (TPSA) is 51.6 Å². The quantitative estimate of drug-likeness (QED) is 0.716. The van der Waals surface area contributed by atoms with Crippen LogP contribution in [0.15, 0.2) is 36.7 Å². The number of nitrogens with zero attached hydrogens (tertiary/aromatic N) is 4. The van der Waals surface area contributed by atoms with Gasteiger partial charge in [-0.05, 0) is 5.56 Å². The normalized spacial score (nSPS) is 12.4. The zero-order valence-electron chi connectivity index (χ0n) is 7.21. The smallest absolute Gasteiger partial charge is 0.212 e. The van der Waals surface area contributed by atoms with E-state index in [1.54, 1.807) is 24.3 Å². The average molecular weight is 190 g/mol. The van der Waals surface area contributed by atoms with Gasteiger partial charge in [0, 0.05) is 0 Å². The number of rotatable bonds is 2. The number of benzene rings is 1. The number of alkyl halides is 1. The summed E-state index contributed by atoms with van der Waals surface area (Å²) in [5.41, 5.74) is 0.502. The van der Waals surface area contributed by atoms with E-state index in [4.69, 9.17) is 0 Å². The van der Waals surface area contributed by atoms with Gasteiger partial charge in [0.05, 0.1) is 0 Å². The molecule has 0 bridgehead atoms. The molecule has 4 nitrogen and oxygen atoms in total. The lowest BCUT2D eigenvalue weighted by atomic mass is 10.1. The molecule has 0 N–H and O–H groups in total. The van der Waals surface area contributed by atoms with Gasteiger partial charge < -0.3 is 0 Å². The van der Waals surface area contributed by atoms with E-state index in [2.05, 4.69) is 20.4 Å². The minimum Gasteiger partial charge on any atom is -0.233 e. The van der Waals surface area contributed by atoms with Gasteiger partial charge in [0.25, 0.3) is 0 Å². The van der Waals surface area contributed by atoms with Crippen LogP contribution < -0.4 is 0 Å². The molecule has 1 heterocycles. The van der Waals surface area contributed by atoms with Crippen molar-refractivity contribution in [3.8, 4) is 0 Å². The molecular weight excluding hydrogens is 183 g/mol. The van der Waals surface area contributed by atoms with Crippen LogP contribution >= 0.6 is 0 Å². The summed E-state index contributed by atoms with van der Waals surface area (Å²) in [6, 6.07) is 8.66.